The highest BCUT2D eigenvalue weighted by atomic mass is 16.2. The van der Waals surface area contributed by atoms with Gasteiger partial charge in [0.05, 0.1) is 0 Å². The number of amides is 1. The van der Waals surface area contributed by atoms with Crippen LogP contribution in [0, 0.1) is 5.41 Å². The topological polar surface area (TPSA) is 32.3 Å². The molecule has 0 radical (unpaired) electrons. The lowest BCUT2D eigenvalue weighted by atomic mass is 9.79. The minimum atomic E-state index is -0.153. The summed E-state index contributed by atoms with van der Waals surface area (Å²) < 4.78 is 0. The summed E-state index contributed by atoms with van der Waals surface area (Å²) in [5.74, 6) is 0.323. The third-order valence-electron chi connectivity index (χ3n) is 4.62. The molecular weight excluding hydrogens is 260 g/mol. The number of carbonyl (C=O) groups is 1. The zero-order chi connectivity index (χ0) is 15.1. The third-order valence-corrected chi connectivity index (χ3v) is 4.62. The number of hydrogen-bond donors (Lipinski definition) is 1. The molecule has 0 bridgehead atoms. The molecule has 21 heavy (non-hydrogen) atoms. The molecule has 0 aliphatic carbocycles. The van der Waals surface area contributed by atoms with Gasteiger partial charge in [0.25, 0.3) is 0 Å². The summed E-state index contributed by atoms with van der Waals surface area (Å²) in [4.78, 5) is 14.5. The Morgan fingerprint density at radius 3 is 2.52 bits per heavy atom. The van der Waals surface area contributed by atoms with Crippen molar-refractivity contribution in [2.75, 3.05) is 26.7 Å². The Morgan fingerprint density at radius 1 is 1.19 bits per heavy atom. The quantitative estimate of drug-likeness (QED) is 0.816. The average molecular weight is 288 g/mol. The SMILES string of the molecule is CN(CCCCc1ccccc1)C(=O)C1(C)CCNCC1. The smallest absolute Gasteiger partial charge is 0.228 e. The second-order valence-corrected chi connectivity index (χ2v) is 6.48. The van der Waals surface area contributed by atoms with Gasteiger partial charge >= 0.3 is 0 Å². The number of piperidine rings is 1. The normalized spacial score (nSPS) is 17.4. The molecule has 3 nitrogen and oxygen atoms in total. The minimum Gasteiger partial charge on any atom is -0.345 e. The summed E-state index contributed by atoms with van der Waals surface area (Å²) in [6.07, 6.45) is 5.23. The van der Waals surface area contributed by atoms with Crippen LogP contribution in [0.25, 0.3) is 0 Å². The summed E-state index contributed by atoms with van der Waals surface area (Å²) >= 11 is 0. The van der Waals surface area contributed by atoms with E-state index in [9.17, 15) is 4.79 Å². The van der Waals surface area contributed by atoms with Crippen LogP contribution in [0.2, 0.25) is 0 Å². The number of hydrogen-bond acceptors (Lipinski definition) is 2. The fraction of sp³-hybridized carbons (Fsp3) is 0.611. The molecule has 1 N–H and O–H groups in total. The first kappa shape index (κ1) is 16.0. The van der Waals surface area contributed by atoms with Crippen molar-refractivity contribution in [3.63, 3.8) is 0 Å². The van der Waals surface area contributed by atoms with Crippen LogP contribution in [0.5, 0.6) is 0 Å². The van der Waals surface area contributed by atoms with Gasteiger partial charge in [-0.3, -0.25) is 4.79 Å². The van der Waals surface area contributed by atoms with Gasteiger partial charge in [0, 0.05) is 19.0 Å². The molecule has 1 aromatic carbocycles. The van der Waals surface area contributed by atoms with E-state index in [0.29, 0.717) is 5.91 Å². The lowest BCUT2D eigenvalue weighted by Gasteiger charge is -2.36. The second-order valence-electron chi connectivity index (χ2n) is 6.48. The standard InChI is InChI=1S/C18H28N2O/c1-18(11-13-19-14-12-18)17(21)20(2)15-7-6-10-16-8-4-3-5-9-16/h3-5,8-9,19H,6-7,10-15H2,1-2H3. The summed E-state index contributed by atoms with van der Waals surface area (Å²) in [5.41, 5.74) is 1.23. The highest BCUT2D eigenvalue weighted by Gasteiger charge is 2.36. The Kier molecular flexibility index (Phi) is 5.80. The molecule has 1 fully saturated rings. The van der Waals surface area contributed by atoms with Gasteiger partial charge < -0.3 is 10.2 Å². The number of carbonyl (C=O) groups excluding carboxylic acids is 1. The Balaban J connectivity index is 1.71. The van der Waals surface area contributed by atoms with Crippen molar-refractivity contribution in [2.24, 2.45) is 5.41 Å². The minimum absolute atomic E-state index is 0.153. The molecule has 2 rings (SSSR count). The lowest BCUT2D eigenvalue weighted by Crippen LogP contribution is -2.46. The van der Waals surface area contributed by atoms with Crippen molar-refractivity contribution in [3.8, 4) is 0 Å². The van der Waals surface area contributed by atoms with E-state index in [-0.39, 0.29) is 5.41 Å². The maximum Gasteiger partial charge on any atom is 0.228 e. The first-order valence-corrected chi connectivity index (χ1v) is 8.12. The van der Waals surface area contributed by atoms with Crippen LogP contribution in [0.1, 0.15) is 38.2 Å². The van der Waals surface area contributed by atoms with Crippen molar-refractivity contribution in [1.29, 1.82) is 0 Å². The molecule has 0 atom stereocenters. The van der Waals surface area contributed by atoms with Gasteiger partial charge in [-0.05, 0) is 50.8 Å². The van der Waals surface area contributed by atoms with Gasteiger partial charge in [-0.2, -0.15) is 0 Å². The Hall–Kier alpha value is -1.35. The van der Waals surface area contributed by atoms with Gasteiger partial charge in [-0.25, -0.2) is 0 Å². The predicted octanol–water partition coefficient (Wildman–Crippen LogP) is 2.86. The molecule has 0 unspecified atom stereocenters. The van der Waals surface area contributed by atoms with E-state index in [1.165, 1.54) is 5.56 Å². The van der Waals surface area contributed by atoms with E-state index in [4.69, 9.17) is 0 Å². The van der Waals surface area contributed by atoms with E-state index >= 15 is 0 Å². The Labute approximate surface area is 128 Å². The van der Waals surface area contributed by atoms with Crippen molar-refractivity contribution >= 4 is 5.91 Å². The number of rotatable bonds is 6. The third kappa shape index (κ3) is 4.57. The van der Waals surface area contributed by atoms with Gasteiger partial charge in [0.2, 0.25) is 5.91 Å². The number of benzene rings is 1. The summed E-state index contributed by atoms with van der Waals surface area (Å²) in [7, 11) is 1.96. The summed E-state index contributed by atoms with van der Waals surface area (Å²) in [5, 5.41) is 3.33. The largest absolute Gasteiger partial charge is 0.345 e. The van der Waals surface area contributed by atoms with Crippen LogP contribution < -0.4 is 5.32 Å². The van der Waals surface area contributed by atoms with Gasteiger partial charge in [0.1, 0.15) is 0 Å². The zero-order valence-electron chi connectivity index (χ0n) is 13.4. The monoisotopic (exact) mass is 288 g/mol. The first-order chi connectivity index (χ1) is 10.1. The van der Waals surface area contributed by atoms with Crippen LogP contribution in [0.4, 0.5) is 0 Å². The molecule has 0 aromatic heterocycles. The molecule has 0 spiro atoms. The molecular formula is C18H28N2O. The summed E-state index contributed by atoms with van der Waals surface area (Å²) in [6.45, 7) is 4.92. The van der Waals surface area contributed by atoms with Gasteiger partial charge in [0.15, 0.2) is 0 Å². The number of aryl methyl sites for hydroxylation is 1. The maximum absolute atomic E-state index is 12.6. The van der Waals surface area contributed by atoms with E-state index in [0.717, 1.165) is 51.7 Å². The van der Waals surface area contributed by atoms with Crippen molar-refractivity contribution in [1.82, 2.24) is 10.2 Å². The fourth-order valence-electron chi connectivity index (χ4n) is 3.08. The van der Waals surface area contributed by atoms with Crippen LogP contribution in [-0.2, 0) is 11.2 Å². The zero-order valence-corrected chi connectivity index (χ0v) is 13.4. The number of nitrogens with zero attached hydrogens (tertiary/aromatic N) is 1. The first-order valence-electron chi connectivity index (χ1n) is 8.12. The fourth-order valence-corrected chi connectivity index (χ4v) is 3.08. The van der Waals surface area contributed by atoms with Crippen LogP contribution in [-0.4, -0.2) is 37.5 Å². The molecule has 1 aliphatic rings. The molecule has 1 amide bonds. The van der Waals surface area contributed by atoms with Crippen LogP contribution >= 0.6 is 0 Å². The summed E-state index contributed by atoms with van der Waals surface area (Å²) in [6, 6.07) is 10.6. The van der Waals surface area contributed by atoms with Crippen molar-refractivity contribution in [2.45, 2.75) is 39.0 Å². The molecule has 1 aliphatic heterocycles. The van der Waals surface area contributed by atoms with Gasteiger partial charge in [-0.1, -0.05) is 37.3 Å². The Bertz CT molecular complexity index is 438. The predicted molar refractivity (Wildman–Crippen MR) is 87.2 cm³/mol. The van der Waals surface area contributed by atoms with E-state index in [1.54, 1.807) is 0 Å². The number of nitrogens with one attached hydrogen (secondary N) is 1. The van der Waals surface area contributed by atoms with E-state index in [1.807, 2.05) is 11.9 Å². The molecule has 1 heterocycles. The molecule has 116 valence electrons. The lowest BCUT2D eigenvalue weighted by molar-refractivity contribution is -0.141. The molecule has 1 aromatic rings. The van der Waals surface area contributed by atoms with E-state index < -0.39 is 0 Å². The number of unbranched alkanes of at least 4 members (excludes halogenated alkanes) is 1. The maximum atomic E-state index is 12.6. The second kappa shape index (κ2) is 7.60. The highest BCUT2D eigenvalue weighted by molar-refractivity contribution is 5.82. The van der Waals surface area contributed by atoms with Gasteiger partial charge in [-0.15, -0.1) is 0 Å². The average Bonchev–Trinajstić information content (AvgIpc) is 2.52. The molecule has 3 heteroatoms. The Morgan fingerprint density at radius 2 is 1.86 bits per heavy atom. The van der Waals surface area contributed by atoms with Crippen molar-refractivity contribution < 1.29 is 4.79 Å². The molecule has 1 saturated heterocycles. The highest BCUT2D eigenvalue weighted by Crippen LogP contribution is 2.30. The van der Waals surface area contributed by atoms with Crippen LogP contribution in [0.15, 0.2) is 30.3 Å². The van der Waals surface area contributed by atoms with E-state index in [2.05, 4.69) is 42.6 Å². The van der Waals surface area contributed by atoms with Crippen LogP contribution in [0.3, 0.4) is 0 Å². The molecule has 0 saturated carbocycles. The van der Waals surface area contributed by atoms with Crippen molar-refractivity contribution in [3.05, 3.63) is 35.9 Å².